The molecule has 0 aliphatic carbocycles. The van der Waals surface area contributed by atoms with Gasteiger partial charge in [0.15, 0.2) is 0 Å². The van der Waals surface area contributed by atoms with Crippen molar-refractivity contribution in [1.29, 1.82) is 0 Å². The molecule has 3 nitrogen and oxygen atoms in total. The molecule has 1 atom stereocenters. The molecule has 0 aromatic heterocycles. The van der Waals surface area contributed by atoms with E-state index in [1.807, 2.05) is 6.34 Å². The van der Waals surface area contributed by atoms with Crippen molar-refractivity contribution < 1.29 is 0 Å². The van der Waals surface area contributed by atoms with E-state index in [1.54, 1.807) is 0 Å². The average Bonchev–Trinajstić information content (AvgIpc) is 2.56. The van der Waals surface area contributed by atoms with Crippen molar-refractivity contribution in [1.82, 2.24) is 9.91 Å². The van der Waals surface area contributed by atoms with Gasteiger partial charge in [0, 0.05) is 17.5 Å². The van der Waals surface area contributed by atoms with Crippen molar-refractivity contribution in [2.24, 2.45) is 10.5 Å². The smallest absolute Gasteiger partial charge is 0.124 e. The van der Waals surface area contributed by atoms with Crippen molar-refractivity contribution in [3.63, 3.8) is 0 Å². The Morgan fingerprint density at radius 3 is 2.12 bits per heavy atom. The van der Waals surface area contributed by atoms with E-state index in [1.165, 1.54) is 12.8 Å². The van der Waals surface area contributed by atoms with Gasteiger partial charge in [-0.05, 0) is 27.2 Å². The van der Waals surface area contributed by atoms with Gasteiger partial charge in [-0.2, -0.15) is 5.10 Å². The highest BCUT2D eigenvalue weighted by molar-refractivity contribution is 5.58. The molecule has 0 bridgehead atoms. The number of rotatable bonds is 3. The van der Waals surface area contributed by atoms with E-state index in [0.29, 0.717) is 6.17 Å². The van der Waals surface area contributed by atoms with Crippen molar-refractivity contribution in [2.75, 3.05) is 6.54 Å². The van der Waals surface area contributed by atoms with Crippen LogP contribution in [0.1, 0.15) is 61.3 Å². The van der Waals surface area contributed by atoms with Gasteiger partial charge in [-0.3, -0.25) is 5.01 Å². The fourth-order valence-electron chi connectivity index (χ4n) is 2.30. The minimum atomic E-state index is 0.127. The Morgan fingerprint density at radius 1 is 1.12 bits per heavy atom. The van der Waals surface area contributed by atoms with Gasteiger partial charge in [-0.1, -0.05) is 34.1 Å². The molecule has 0 radical (unpaired) electrons. The van der Waals surface area contributed by atoms with Crippen molar-refractivity contribution in [3.05, 3.63) is 0 Å². The lowest BCUT2D eigenvalue weighted by Crippen LogP contribution is -2.55. The quantitative estimate of drug-likeness (QED) is 0.750. The summed E-state index contributed by atoms with van der Waals surface area (Å²) >= 11 is 0. The van der Waals surface area contributed by atoms with Crippen LogP contribution in [0.5, 0.6) is 0 Å². The second-order valence-corrected chi connectivity index (χ2v) is 7.07. The summed E-state index contributed by atoms with van der Waals surface area (Å²) in [7, 11) is 0. The number of hydrazone groups is 1. The number of unbranched alkanes of at least 4 members (excludes halogenated alkanes) is 1. The Hall–Kier alpha value is -0.730. The molecule has 1 aliphatic heterocycles. The first-order chi connectivity index (χ1) is 7.68. The summed E-state index contributed by atoms with van der Waals surface area (Å²) in [6.45, 7) is 16.9. The summed E-state index contributed by atoms with van der Waals surface area (Å²) < 4.78 is 0. The predicted molar refractivity (Wildman–Crippen MR) is 74.9 cm³/mol. The second kappa shape index (κ2) is 4.87. The number of hydrogen-bond donors (Lipinski definition) is 0. The zero-order valence-electron chi connectivity index (χ0n) is 12.6. The molecular formula is C14H29N3. The molecule has 0 aromatic rings. The average molecular weight is 239 g/mol. The van der Waals surface area contributed by atoms with Gasteiger partial charge in [0.25, 0.3) is 0 Å². The van der Waals surface area contributed by atoms with Crippen LogP contribution < -0.4 is 0 Å². The summed E-state index contributed by atoms with van der Waals surface area (Å²) in [5, 5.41) is 6.86. The molecule has 0 saturated heterocycles. The largest absolute Gasteiger partial charge is 0.334 e. The molecule has 0 aromatic carbocycles. The van der Waals surface area contributed by atoms with Crippen molar-refractivity contribution in [2.45, 2.75) is 73.0 Å². The van der Waals surface area contributed by atoms with Crippen LogP contribution in [0.15, 0.2) is 5.10 Å². The van der Waals surface area contributed by atoms with Crippen LogP contribution >= 0.6 is 0 Å². The lowest BCUT2D eigenvalue weighted by Gasteiger charge is -2.45. The molecule has 0 fully saturated rings. The van der Waals surface area contributed by atoms with Crippen LogP contribution in [-0.4, -0.2) is 34.5 Å². The standard InChI is InChI=1S/C14H29N3/c1-8-9-10-17-12(13(2,3)4)16(11-15-17)14(5,6)7/h11-12H,8-10H2,1-7H3. The lowest BCUT2D eigenvalue weighted by atomic mass is 9.88. The highest BCUT2D eigenvalue weighted by atomic mass is 15.6. The van der Waals surface area contributed by atoms with Gasteiger partial charge in [0.1, 0.15) is 12.5 Å². The van der Waals surface area contributed by atoms with Gasteiger partial charge < -0.3 is 4.90 Å². The van der Waals surface area contributed by atoms with E-state index in [2.05, 4.69) is 63.5 Å². The van der Waals surface area contributed by atoms with Crippen LogP contribution in [0.4, 0.5) is 0 Å². The zero-order chi connectivity index (χ0) is 13.3. The third-order valence-corrected chi connectivity index (χ3v) is 3.16. The van der Waals surface area contributed by atoms with Crippen LogP contribution in [0.3, 0.4) is 0 Å². The van der Waals surface area contributed by atoms with Gasteiger partial charge in [-0.15, -0.1) is 0 Å². The summed E-state index contributed by atoms with van der Waals surface area (Å²) in [6.07, 6.45) is 4.82. The summed E-state index contributed by atoms with van der Waals surface area (Å²) in [5.74, 6) is 0. The monoisotopic (exact) mass is 239 g/mol. The molecule has 1 aliphatic rings. The topological polar surface area (TPSA) is 18.8 Å². The third kappa shape index (κ3) is 3.36. The molecular weight excluding hydrogens is 210 g/mol. The lowest BCUT2D eigenvalue weighted by molar-refractivity contribution is -0.00178. The van der Waals surface area contributed by atoms with E-state index < -0.39 is 0 Å². The summed E-state index contributed by atoms with van der Waals surface area (Å²) in [4.78, 5) is 2.39. The van der Waals surface area contributed by atoms with Gasteiger partial charge >= 0.3 is 0 Å². The first-order valence-electron chi connectivity index (χ1n) is 6.77. The highest BCUT2D eigenvalue weighted by Gasteiger charge is 2.41. The van der Waals surface area contributed by atoms with E-state index in [4.69, 9.17) is 0 Å². The van der Waals surface area contributed by atoms with E-state index in [9.17, 15) is 0 Å². The SMILES string of the molecule is CCCCN1N=CN(C(C)(C)C)C1C(C)(C)C. The maximum absolute atomic E-state index is 4.60. The van der Waals surface area contributed by atoms with Crippen LogP contribution in [0, 0.1) is 5.41 Å². The normalized spacial score (nSPS) is 21.5. The van der Waals surface area contributed by atoms with Gasteiger partial charge in [0.05, 0.1) is 0 Å². The van der Waals surface area contributed by atoms with Crippen LogP contribution in [-0.2, 0) is 0 Å². The fraction of sp³-hybridized carbons (Fsp3) is 0.929. The molecule has 0 N–H and O–H groups in total. The minimum absolute atomic E-state index is 0.127. The third-order valence-electron chi connectivity index (χ3n) is 3.16. The number of nitrogens with zero attached hydrogens (tertiary/aromatic N) is 3. The van der Waals surface area contributed by atoms with E-state index in [-0.39, 0.29) is 11.0 Å². The predicted octanol–water partition coefficient (Wildman–Crippen LogP) is 3.52. The summed E-state index contributed by atoms with van der Waals surface area (Å²) in [6, 6.07) is 0. The number of hydrogen-bond acceptors (Lipinski definition) is 3. The zero-order valence-corrected chi connectivity index (χ0v) is 12.6. The molecule has 1 unspecified atom stereocenters. The fourth-order valence-corrected chi connectivity index (χ4v) is 2.30. The van der Waals surface area contributed by atoms with Gasteiger partial charge in [-0.25, -0.2) is 0 Å². The molecule has 0 saturated carbocycles. The first-order valence-corrected chi connectivity index (χ1v) is 6.77. The molecule has 1 rings (SSSR count). The maximum Gasteiger partial charge on any atom is 0.124 e. The summed E-state index contributed by atoms with van der Waals surface area (Å²) in [5.41, 5.74) is 0.333. The van der Waals surface area contributed by atoms with Gasteiger partial charge in [0.2, 0.25) is 0 Å². The minimum Gasteiger partial charge on any atom is -0.334 e. The molecule has 17 heavy (non-hydrogen) atoms. The van der Waals surface area contributed by atoms with Crippen molar-refractivity contribution >= 4 is 6.34 Å². The molecule has 0 amide bonds. The maximum atomic E-state index is 4.60. The molecule has 0 spiro atoms. The van der Waals surface area contributed by atoms with E-state index >= 15 is 0 Å². The Bertz CT molecular complexity index is 270. The van der Waals surface area contributed by atoms with Crippen LogP contribution in [0.2, 0.25) is 0 Å². The first kappa shape index (κ1) is 14.3. The van der Waals surface area contributed by atoms with E-state index in [0.717, 1.165) is 6.54 Å². The van der Waals surface area contributed by atoms with Crippen LogP contribution in [0.25, 0.3) is 0 Å². The Labute approximate surface area is 107 Å². The van der Waals surface area contributed by atoms with Crippen molar-refractivity contribution in [3.8, 4) is 0 Å². The highest BCUT2D eigenvalue weighted by Crippen LogP contribution is 2.34. The Kier molecular flexibility index (Phi) is 4.11. The Balaban J connectivity index is 2.86. The molecule has 1 heterocycles. The molecule has 100 valence electrons. The Morgan fingerprint density at radius 2 is 1.71 bits per heavy atom. The molecule has 3 heteroatoms. The second-order valence-electron chi connectivity index (χ2n) is 7.07.